The number of carboxylic acids is 1. The second kappa shape index (κ2) is 7.22. The highest BCUT2D eigenvalue weighted by Gasteiger charge is 2.28. The van der Waals surface area contributed by atoms with Gasteiger partial charge in [0, 0.05) is 6.04 Å². The Kier molecular flexibility index (Phi) is 6.23. The summed E-state index contributed by atoms with van der Waals surface area (Å²) in [5.41, 5.74) is 4.64. The van der Waals surface area contributed by atoms with Gasteiger partial charge >= 0.3 is 5.97 Å². The predicted molar refractivity (Wildman–Crippen MR) is 77.2 cm³/mol. The zero-order chi connectivity index (χ0) is 14.5. The van der Waals surface area contributed by atoms with Crippen molar-refractivity contribution < 1.29 is 9.90 Å². The molecule has 0 aromatic rings. The van der Waals surface area contributed by atoms with Gasteiger partial charge in [-0.2, -0.15) is 0 Å². The number of hydrogen-bond donors (Lipinski definition) is 2. The summed E-state index contributed by atoms with van der Waals surface area (Å²) in [4.78, 5) is 15.8. The van der Waals surface area contributed by atoms with Crippen LogP contribution < -0.4 is 5.73 Å². The van der Waals surface area contributed by atoms with Crippen molar-refractivity contribution in [3.05, 3.63) is 0 Å². The molecule has 19 heavy (non-hydrogen) atoms. The summed E-state index contributed by atoms with van der Waals surface area (Å²) in [6, 6.07) is 0.636. The molecule has 1 heterocycles. The maximum Gasteiger partial charge on any atom is 0.323 e. The monoisotopic (exact) mass is 271 g/mol. The van der Waals surface area contributed by atoms with Gasteiger partial charge in [-0.3, -0.25) is 4.79 Å². The molecule has 1 fully saturated rings. The first-order valence-electron chi connectivity index (χ1n) is 7.31. The zero-order valence-electron chi connectivity index (χ0n) is 12.6. The molecule has 1 unspecified atom stereocenters. The molecule has 0 bridgehead atoms. The Hall–Kier alpha value is -0.650. The highest BCUT2D eigenvalue weighted by atomic mass is 16.4. The SMILES string of the molecule is CCN1CCC(N(C)CCCC(C)(N)C(=O)O)CC1. The van der Waals surface area contributed by atoms with E-state index in [9.17, 15) is 4.79 Å². The third-order valence-electron chi connectivity index (χ3n) is 4.32. The maximum absolute atomic E-state index is 10.9. The van der Waals surface area contributed by atoms with Crippen LogP contribution in [0.25, 0.3) is 0 Å². The van der Waals surface area contributed by atoms with E-state index in [2.05, 4.69) is 23.8 Å². The van der Waals surface area contributed by atoms with E-state index in [4.69, 9.17) is 10.8 Å². The summed E-state index contributed by atoms with van der Waals surface area (Å²) in [5, 5.41) is 8.97. The lowest BCUT2D eigenvalue weighted by Gasteiger charge is -2.36. The van der Waals surface area contributed by atoms with Crippen LogP contribution in [0.1, 0.15) is 39.5 Å². The van der Waals surface area contributed by atoms with Gasteiger partial charge in [0.2, 0.25) is 0 Å². The van der Waals surface area contributed by atoms with Crippen LogP contribution in [0, 0.1) is 0 Å². The van der Waals surface area contributed by atoms with Crippen LogP contribution in [-0.2, 0) is 4.79 Å². The molecule has 0 aromatic heterocycles. The second-order valence-corrected chi connectivity index (χ2v) is 5.97. The summed E-state index contributed by atoms with van der Waals surface area (Å²) < 4.78 is 0. The first kappa shape index (κ1) is 16.4. The smallest absolute Gasteiger partial charge is 0.323 e. The van der Waals surface area contributed by atoms with Crippen LogP contribution in [0.2, 0.25) is 0 Å². The van der Waals surface area contributed by atoms with E-state index in [0.717, 1.165) is 19.5 Å². The lowest BCUT2D eigenvalue weighted by atomic mass is 9.96. The van der Waals surface area contributed by atoms with Crippen molar-refractivity contribution in [1.29, 1.82) is 0 Å². The molecular formula is C14H29N3O2. The van der Waals surface area contributed by atoms with Crippen molar-refractivity contribution in [2.75, 3.05) is 33.2 Å². The van der Waals surface area contributed by atoms with Gasteiger partial charge in [-0.05, 0) is 65.8 Å². The fourth-order valence-corrected chi connectivity index (χ4v) is 2.66. The van der Waals surface area contributed by atoms with Crippen LogP contribution in [0.5, 0.6) is 0 Å². The van der Waals surface area contributed by atoms with Crippen molar-refractivity contribution in [2.24, 2.45) is 5.73 Å². The number of hydrogen-bond acceptors (Lipinski definition) is 4. The molecule has 0 saturated carbocycles. The molecule has 0 spiro atoms. The number of piperidine rings is 1. The van der Waals surface area contributed by atoms with E-state index in [1.807, 2.05) is 0 Å². The molecule has 1 saturated heterocycles. The van der Waals surface area contributed by atoms with Crippen molar-refractivity contribution in [2.45, 2.75) is 51.1 Å². The largest absolute Gasteiger partial charge is 0.480 e. The maximum atomic E-state index is 10.9. The predicted octanol–water partition coefficient (Wildman–Crippen LogP) is 0.985. The van der Waals surface area contributed by atoms with Crippen molar-refractivity contribution in [1.82, 2.24) is 9.80 Å². The molecule has 0 aliphatic carbocycles. The number of carbonyl (C=O) groups is 1. The molecule has 1 atom stereocenters. The fourth-order valence-electron chi connectivity index (χ4n) is 2.66. The molecule has 1 rings (SSSR count). The lowest BCUT2D eigenvalue weighted by molar-refractivity contribution is -0.142. The van der Waals surface area contributed by atoms with Gasteiger partial charge in [-0.1, -0.05) is 6.92 Å². The molecule has 3 N–H and O–H groups in total. The second-order valence-electron chi connectivity index (χ2n) is 5.97. The average molecular weight is 271 g/mol. The highest BCUT2D eigenvalue weighted by molar-refractivity contribution is 5.77. The molecule has 0 radical (unpaired) electrons. The van der Waals surface area contributed by atoms with Crippen molar-refractivity contribution in [3.8, 4) is 0 Å². The molecule has 1 aliphatic heterocycles. The third-order valence-corrected chi connectivity index (χ3v) is 4.32. The normalized spacial score (nSPS) is 21.5. The lowest BCUT2D eigenvalue weighted by Crippen LogP contribution is -2.46. The minimum absolute atomic E-state index is 0.528. The summed E-state index contributed by atoms with van der Waals surface area (Å²) in [7, 11) is 2.14. The molecular weight excluding hydrogens is 242 g/mol. The Balaban J connectivity index is 2.25. The molecule has 0 aromatic carbocycles. The molecule has 112 valence electrons. The molecule has 0 amide bonds. The Bertz CT molecular complexity index is 286. The van der Waals surface area contributed by atoms with E-state index < -0.39 is 11.5 Å². The molecule has 1 aliphatic rings. The number of nitrogens with two attached hydrogens (primary N) is 1. The Morgan fingerprint density at radius 2 is 2.05 bits per heavy atom. The van der Waals surface area contributed by atoms with E-state index in [1.54, 1.807) is 6.92 Å². The quantitative estimate of drug-likeness (QED) is 0.722. The van der Waals surface area contributed by atoms with Gasteiger partial charge in [0.05, 0.1) is 0 Å². The number of likely N-dealkylation sites (tertiary alicyclic amines) is 1. The number of nitrogens with zero attached hydrogens (tertiary/aromatic N) is 2. The first-order chi connectivity index (χ1) is 8.86. The number of carboxylic acid groups (broad SMARTS) is 1. The minimum atomic E-state index is -1.09. The minimum Gasteiger partial charge on any atom is -0.480 e. The van der Waals surface area contributed by atoms with Crippen LogP contribution in [0.3, 0.4) is 0 Å². The van der Waals surface area contributed by atoms with Gasteiger partial charge in [0.25, 0.3) is 0 Å². The van der Waals surface area contributed by atoms with E-state index in [0.29, 0.717) is 12.5 Å². The average Bonchev–Trinajstić information content (AvgIpc) is 2.38. The van der Waals surface area contributed by atoms with Gasteiger partial charge in [0.1, 0.15) is 5.54 Å². The number of rotatable bonds is 7. The first-order valence-corrected chi connectivity index (χ1v) is 7.31. The van der Waals surface area contributed by atoms with E-state index in [1.165, 1.54) is 25.9 Å². The van der Waals surface area contributed by atoms with E-state index in [-0.39, 0.29) is 0 Å². The Labute approximate surface area is 116 Å². The van der Waals surface area contributed by atoms with Gasteiger partial charge in [0.15, 0.2) is 0 Å². The zero-order valence-corrected chi connectivity index (χ0v) is 12.6. The van der Waals surface area contributed by atoms with Crippen LogP contribution in [0.15, 0.2) is 0 Å². The fraction of sp³-hybridized carbons (Fsp3) is 0.929. The van der Waals surface area contributed by atoms with Gasteiger partial charge in [-0.25, -0.2) is 0 Å². The van der Waals surface area contributed by atoms with E-state index >= 15 is 0 Å². The third kappa shape index (κ3) is 5.09. The summed E-state index contributed by atoms with van der Waals surface area (Å²) in [6.07, 6.45) is 3.79. The molecule has 5 nitrogen and oxygen atoms in total. The van der Waals surface area contributed by atoms with Crippen LogP contribution >= 0.6 is 0 Å². The Morgan fingerprint density at radius 1 is 1.47 bits per heavy atom. The van der Waals surface area contributed by atoms with Crippen LogP contribution in [0.4, 0.5) is 0 Å². The number of aliphatic carboxylic acids is 1. The summed E-state index contributed by atoms with van der Waals surface area (Å²) in [5.74, 6) is -0.911. The van der Waals surface area contributed by atoms with Gasteiger partial charge in [-0.15, -0.1) is 0 Å². The molecule has 5 heteroatoms. The van der Waals surface area contributed by atoms with Gasteiger partial charge < -0.3 is 20.6 Å². The van der Waals surface area contributed by atoms with Crippen molar-refractivity contribution in [3.63, 3.8) is 0 Å². The standard InChI is InChI=1S/C14H29N3O2/c1-4-17-10-6-12(7-11-17)16(3)9-5-8-14(2,15)13(18)19/h12H,4-11,15H2,1-3H3,(H,18,19). The Morgan fingerprint density at radius 3 is 2.53 bits per heavy atom. The van der Waals surface area contributed by atoms with Crippen LogP contribution in [-0.4, -0.2) is 65.7 Å². The summed E-state index contributed by atoms with van der Waals surface area (Å²) >= 11 is 0. The summed E-state index contributed by atoms with van der Waals surface area (Å²) in [6.45, 7) is 8.22. The highest BCUT2D eigenvalue weighted by Crippen LogP contribution is 2.16. The topological polar surface area (TPSA) is 69.8 Å². The van der Waals surface area contributed by atoms with Crippen molar-refractivity contribution >= 4 is 5.97 Å².